The van der Waals surface area contributed by atoms with Crippen LogP contribution in [0, 0.1) is 0 Å². The molecule has 0 aliphatic heterocycles. The van der Waals surface area contributed by atoms with Crippen LogP contribution in [0.25, 0.3) is 0 Å². The van der Waals surface area contributed by atoms with Crippen molar-refractivity contribution in [3.8, 4) is 5.75 Å². The first-order valence-corrected chi connectivity index (χ1v) is 6.28. The molecule has 0 heterocycles. The summed E-state index contributed by atoms with van der Waals surface area (Å²) in [6.07, 6.45) is 0. The summed E-state index contributed by atoms with van der Waals surface area (Å²) < 4.78 is 5.33. The fourth-order valence-corrected chi connectivity index (χ4v) is 1.62. The number of methoxy groups -OCH3 is 1. The highest BCUT2D eigenvalue weighted by Gasteiger charge is 2.17. The smallest absolute Gasteiger partial charge is 0.141 e. The average Bonchev–Trinajstić information content (AvgIpc) is 2.23. The van der Waals surface area contributed by atoms with Gasteiger partial charge in [0.25, 0.3) is 0 Å². The monoisotopic (exact) mass is 251 g/mol. The molecule has 0 amide bonds. The van der Waals surface area contributed by atoms with Gasteiger partial charge in [0.2, 0.25) is 0 Å². The summed E-state index contributed by atoms with van der Waals surface area (Å²) in [4.78, 5) is 0. The van der Waals surface area contributed by atoms with E-state index in [0.717, 1.165) is 11.4 Å². The highest BCUT2D eigenvalue weighted by atomic mass is 16.5. The summed E-state index contributed by atoms with van der Waals surface area (Å²) in [6.45, 7) is 10.6. The van der Waals surface area contributed by atoms with Crippen LogP contribution in [0.3, 0.4) is 0 Å². The summed E-state index contributed by atoms with van der Waals surface area (Å²) in [5, 5.41) is 13.0. The van der Waals surface area contributed by atoms with E-state index in [9.17, 15) is 5.11 Å². The predicted octanol–water partition coefficient (Wildman–Crippen LogP) is 3.18. The Hall–Kier alpha value is -1.22. The molecule has 0 aromatic heterocycles. The topological polar surface area (TPSA) is 41.5 Å². The quantitative estimate of drug-likeness (QED) is 0.863. The lowest BCUT2D eigenvalue weighted by Crippen LogP contribution is -2.29. The van der Waals surface area contributed by atoms with E-state index in [4.69, 9.17) is 4.74 Å². The lowest BCUT2D eigenvalue weighted by Gasteiger charge is -2.23. The minimum atomic E-state index is -0.747. The molecular weight excluding hydrogens is 226 g/mol. The number of hydrogen-bond acceptors (Lipinski definition) is 3. The van der Waals surface area contributed by atoms with E-state index in [-0.39, 0.29) is 5.41 Å². The summed E-state index contributed by atoms with van der Waals surface area (Å²) in [6, 6.07) is 6.13. The van der Waals surface area contributed by atoms with Crippen LogP contribution >= 0.6 is 0 Å². The fourth-order valence-electron chi connectivity index (χ4n) is 1.62. The van der Waals surface area contributed by atoms with E-state index >= 15 is 0 Å². The van der Waals surface area contributed by atoms with Crippen LogP contribution in [0.5, 0.6) is 5.75 Å². The Bertz CT molecular complexity index is 400. The second-order valence-corrected chi connectivity index (χ2v) is 6.33. The molecule has 102 valence electrons. The molecule has 0 saturated carbocycles. The van der Waals surface area contributed by atoms with Crippen molar-refractivity contribution in [2.45, 2.75) is 45.6 Å². The maximum Gasteiger partial charge on any atom is 0.141 e. The van der Waals surface area contributed by atoms with E-state index in [1.807, 2.05) is 6.07 Å². The Kier molecular flexibility index (Phi) is 4.28. The molecule has 0 spiro atoms. The van der Waals surface area contributed by atoms with Gasteiger partial charge in [0, 0.05) is 6.54 Å². The van der Waals surface area contributed by atoms with E-state index in [1.165, 1.54) is 5.56 Å². The van der Waals surface area contributed by atoms with Gasteiger partial charge in [-0.25, -0.2) is 0 Å². The van der Waals surface area contributed by atoms with Crippen LogP contribution < -0.4 is 10.1 Å². The molecule has 1 aromatic rings. The number of anilines is 1. The molecular formula is C15H25NO2. The number of ether oxygens (including phenoxy) is 1. The van der Waals surface area contributed by atoms with Gasteiger partial charge in [0.1, 0.15) is 5.75 Å². The number of benzene rings is 1. The second kappa shape index (κ2) is 5.19. The van der Waals surface area contributed by atoms with Crippen molar-refractivity contribution in [1.29, 1.82) is 0 Å². The molecule has 2 N–H and O–H groups in total. The zero-order valence-corrected chi connectivity index (χ0v) is 12.3. The third kappa shape index (κ3) is 4.22. The third-order valence-corrected chi connectivity index (χ3v) is 2.78. The van der Waals surface area contributed by atoms with Crippen molar-refractivity contribution in [1.82, 2.24) is 0 Å². The normalized spacial score (nSPS) is 12.4. The minimum Gasteiger partial charge on any atom is -0.495 e. The Morgan fingerprint density at radius 1 is 1.17 bits per heavy atom. The van der Waals surface area contributed by atoms with Gasteiger partial charge in [-0.1, -0.05) is 26.8 Å². The third-order valence-electron chi connectivity index (χ3n) is 2.78. The van der Waals surface area contributed by atoms with E-state index < -0.39 is 5.60 Å². The molecule has 0 aliphatic carbocycles. The summed E-state index contributed by atoms with van der Waals surface area (Å²) >= 11 is 0. The van der Waals surface area contributed by atoms with Crippen molar-refractivity contribution in [2.24, 2.45) is 0 Å². The van der Waals surface area contributed by atoms with Gasteiger partial charge in [-0.3, -0.25) is 0 Å². The Morgan fingerprint density at radius 3 is 2.22 bits per heavy atom. The zero-order valence-electron chi connectivity index (χ0n) is 12.3. The molecule has 1 aromatic carbocycles. The number of rotatable bonds is 4. The Morgan fingerprint density at radius 2 is 1.78 bits per heavy atom. The number of hydrogen-bond donors (Lipinski definition) is 2. The lowest BCUT2D eigenvalue weighted by atomic mass is 9.87. The van der Waals surface area contributed by atoms with Crippen molar-refractivity contribution >= 4 is 5.69 Å². The Balaban J connectivity index is 3.00. The van der Waals surface area contributed by atoms with Gasteiger partial charge in [0.05, 0.1) is 18.4 Å². The highest BCUT2D eigenvalue weighted by molar-refractivity contribution is 5.59. The van der Waals surface area contributed by atoms with Gasteiger partial charge >= 0.3 is 0 Å². The van der Waals surface area contributed by atoms with Crippen molar-refractivity contribution in [2.75, 3.05) is 19.0 Å². The molecule has 18 heavy (non-hydrogen) atoms. The van der Waals surface area contributed by atoms with E-state index in [2.05, 4.69) is 38.2 Å². The van der Waals surface area contributed by atoms with Crippen molar-refractivity contribution in [3.05, 3.63) is 23.8 Å². The molecule has 0 unspecified atom stereocenters. The number of aliphatic hydroxyl groups is 1. The van der Waals surface area contributed by atoms with Gasteiger partial charge < -0.3 is 15.2 Å². The Labute approximate surface area is 110 Å². The fraction of sp³-hybridized carbons (Fsp3) is 0.600. The van der Waals surface area contributed by atoms with Crippen LogP contribution in [-0.2, 0) is 5.41 Å². The second-order valence-electron chi connectivity index (χ2n) is 6.33. The molecule has 1 rings (SSSR count). The highest BCUT2D eigenvalue weighted by Crippen LogP contribution is 2.31. The van der Waals surface area contributed by atoms with Crippen molar-refractivity contribution in [3.63, 3.8) is 0 Å². The van der Waals surface area contributed by atoms with Crippen LogP contribution in [-0.4, -0.2) is 24.4 Å². The molecule has 3 heteroatoms. The molecule has 0 aliphatic rings. The van der Waals surface area contributed by atoms with E-state index in [1.54, 1.807) is 21.0 Å². The van der Waals surface area contributed by atoms with Crippen LogP contribution in [0.1, 0.15) is 40.2 Å². The predicted molar refractivity (Wildman–Crippen MR) is 76.5 cm³/mol. The summed E-state index contributed by atoms with van der Waals surface area (Å²) in [7, 11) is 1.65. The molecule has 0 bridgehead atoms. The minimum absolute atomic E-state index is 0.0947. The standard InChI is InChI=1S/C15H25NO2/c1-14(2,3)11-7-8-13(18-6)12(9-11)16-10-15(4,5)17/h7-9,16-17H,10H2,1-6H3. The SMILES string of the molecule is COc1ccc(C(C)(C)C)cc1NCC(C)(C)O. The first kappa shape index (κ1) is 14.8. The van der Waals surface area contributed by atoms with Crippen molar-refractivity contribution < 1.29 is 9.84 Å². The first-order valence-electron chi connectivity index (χ1n) is 6.28. The zero-order chi connectivity index (χ0) is 14.0. The molecule has 0 fully saturated rings. The maximum absolute atomic E-state index is 9.77. The largest absolute Gasteiger partial charge is 0.495 e. The molecule has 0 saturated heterocycles. The molecule has 0 atom stereocenters. The molecule has 0 radical (unpaired) electrons. The molecule has 3 nitrogen and oxygen atoms in total. The first-order chi connectivity index (χ1) is 8.13. The van der Waals surface area contributed by atoms with Crippen LogP contribution in [0.4, 0.5) is 5.69 Å². The van der Waals surface area contributed by atoms with Gasteiger partial charge in [0.15, 0.2) is 0 Å². The lowest BCUT2D eigenvalue weighted by molar-refractivity contribution is 0.0945. The summed E-state index contributed by atoms with van der Waals surface area (Å²) in [5.74, 6) is 0.798. The van der Waals surface area contributed by atoms with E-state index in [0.29, 0.717) is 6.54 Å². The maximum atomic E-state index is 9.77. The van der Waals surface area contributed by atoms with Gasteiger partial charge in [-0.05, 0) is 37.0 Å². The summed E-state index contributed by atoms with van der Waals surface area (Å²) in [5.41, 5.74) is 1.51. The van der Waals surface area contributed by atoms with Crippen LogP contribution in [0.2, 0.25) is 0 Å². The van der Waals surface area contributed by atoms with Gasteiger partial charge in [-0.2, -0.15) is 0 Å². The number of nitrogens with one attached hydrogen (secondary N) is 1. The van der Waals surface area contributed by atoms with Gasteiger partial charge in [-0.15, -0.1) is 0 Å². The average molecular weight is 251 g/mol. The van der Waals surface area contributed by atoms with Crippen LogP contribution in [0.15, 0.2) is 18.2 Å².